The first-order valence-electron chi connectivity index (χ1n) is 4.00. The minimum atomic E-state index is 0.0273. The maximum Gasteiger partial charge on any atom is 0.0673 e. The molecular formula is C8H20N2O. The Balaban J connectivity index is 4.10. The Morgan fingerprint density at radius 1 is 1.18 bits per heavy atom. The van der Waals surface area contributed by atoms with Gasteiger partial charge in [-0.1, -0.05) is 0 Å². The van der Waals surface area contributed by atoms with Gasteiger partial charge in [0.1, 0.15) is 0 Å². The lowest BCUT2D eigenvalue weighted by molar-refractivity contribution is -0.309. The molecule has 0 spiro atoms. The third-order valence-electron chi connectivity index (χ3n) is 1.19. The smallest absolute Gasteiger partial charge is 0.0673 e. The van der Waals surface area contributed by atoms with Gasteiger partial charge >= 0.3 is 0 Å². The topological polar surface area (TPSA) is 15.7 Å². The van der Waals surface area contributed by atoms with Crippen LogP contribution in [0.15, 0.2) is 0 Å². The third kappa shape index (κ3) is 3.70. The van der Waals surface area contributed by atoms with Crippen molar-refractivity contribution in [2.45, 2.75) is 33.2 Å². The van der Waals surface area contributed by atoms with E-state index in [9.17, 15) is 0 Å². The summed E-state index contributed by atoms with van der Waals surface area (Å²) in [5.41, 5.74) is 0.0273. The average molecular weight is 160 g/mol. The lowest BCUT2D eigenvalue weighted by atomic mass is 10.1. The zero-order chi connectivity index (χ0) is 9.07. The second kappa shape index (κ2) is 4.04. The van der Waals surface area contributed by atoms with Gasteiger partial charge in [0.25, 0.3) is 0 Å². The summed E-state index contributed by atoms with van der Waals surface area (Å²) in [5.74, 6) is 0. The van der Waals surface area contributed by atoms with Crippen LogP contribution in [0.5, 0.6) is 0 Å². The number of rotatable bonds is 3. The van der Waals surface area contributed by atoms with Crippen molar-refractivity contribution in [2.75, 3.05) is 20.7 Å². The molecule has 0 fully saturated rings. The molecule has 3 nitrogen and oxygen atoms in total. The van der Waals surface area contributed by atoms with Crippen LogP contribution in [0.3, 0.4) is 0 Å². The zero-order valence-corrected chi connectivity index (χ0v) is 8.51. The largest absolute Gasteiger partial charge is 0.284 e. The summed E-state index contributed by atoms with van der Waals surface area (Å²) in [6.45, 7) is 9.03. The van der Waals surface area contributed by atoms with E-state index >= 15 is 0 Å². The highest BCUT2D eigenvalue weighted by molar-refractivity contribution is 4.66. The van der Waals surface area contributed by atoms with Gasteiger partial charge in [-0.05, 0) is 27.7 Å². The maximum atomic E-state index is 5.43. The molecular weight excluding hydrogens is 140 g/mol. The van der Waals surface area contributed by atoms with Gasteiger partial charge in [0.2, 0.25) is 0 Å². The van der Waals surface area contributed by atoms with Gasteiger partial charge < -0.3 is 0 Å². The molecule has 0 heterocycles. The van der Waals surface area contributed by atoms with Gasteiger partial charge in [-0.15, -0.1) is 5.17 Å². The Kier molecular flexibility index (Phi) is 4.00. The molecule has 11 heavy (non-hydrogen) atoms. The molecule has 0 aromatic heterocycles. The molecule has 0 unspecified atom stereocenters. The Labute approximate surface area is 69.9 Å². The van der Waals surface area contributed by atoms with Crippen molar-refractivity contribution in [1.29, 1.82) is 0 Å². The number of hydroxylamine groups is 1. The molecule has 0 radical (unpaired) electrons. The molecule has 0 aliphatic heterocycles. The van der Waals surface area contributed by atoms with Crippen molar-refractivity contribution >= 4 is 0 Å². The summed E-state index contributed by atoms with van der Waals surface area (Å²) >= 11 is 0. The molecule has 0 aliphatic carbocycles. The summed E-state index contributed by atoms with van der Waals surface area (Å²) in [4.78, 5) is 5.43. The maximum absolute atomic E-state index is 5.43. The fourth-order valence-corrected chi connectivity index (χ4v) is 1.03. The molecule has 0 bridgehead atoms. The molecule has 0 aliphatic rings. The average Bonchev–Trinajstić information content (AvgIpc) is 1.79. The standard InChI is InChI=1S/C8H20N2O/c1-7-11-10(9(5)6)8(2,3)4/h7H2,1-6H3. The van der Waals surface area contributed by atoms with Crippen molar-refractivity contribution in [3.05, 3.63) is 0 Å². The summed E-state index contributed by atoms with van der Waals surface area (Å²) in [6.07, 6.45) is 0. The number of hydrazine groups is 1. The van der Waals surface area contributed by atoms with Crippen molar-refractivity contribution < 1.29 is 4.84 Å². The van der Waals surface area contributed by atoms with Crippen LogP contribution in [0.2, 0.25) is 0 Å². The van der Waals surface area contributed by atoms with E-state index in [1.165, 1.54) is 0 Å². The second-order valence-electron chi connectivity index (χ2n) is 3.71. The summed E-state index contributed by atoms with van der Waals surface area (Å²) in [7, 11) is 3.95. The number of hydrogen-bond acceptors (Lipinski definition) is 3. The Bertz CT molecular complexity index is 107. The highest BCUT2D eigenvalue weighted by Gasteiger charge is 2.23. The van der Waals surface area contributed by atoms with Crippen LogP contribution in [0, 0.1) is 0 Å². The first-order chi connectivity index (χ1) is 4.89. The first kappa shape index (κ1) is 10.9. The van der Waals surface area contributed by atoms with Crippen LogP contribution in [0.25, 0.3) is 0 Å². The fraction of sp³-hybridized carbons (Fsp3) is 1.00. The van der Waals surface area contributed by atoms with E-state index in [0.717, 1.165) is 0 Å². The zero-order valence-electron chi connectivity index (χ0n) is 8.51. The highest BCUT2D eigenvalue weighted by Crippen LogP contribution is 2.13. The summed E-state index contributed by atoms with van der Waals surface area (Å²) in [6, 6.07) is 0. The second-order valence-corrected chi connectivity index (χ2v) is 3.71. The lowest BCUT2D eigenvalue weighted by Gasteiger charge is -2.38. The predicted molar refractivity (Wildman–Crippen MR) is 46.9 cm³/mol. The molecule has 0 aromatic rings. The van der Waals surface area contributed by atoms with Gasteiger partial charge in [0, 0.05) is 14.1 Å². The van der Waals surface area contributed by atoms with E-state index in [2.05, 4.69) is 20.8 Å². The van der Waals surface area contributed by atoms with Crippen LogP contribution in [-0.4, -0.2) is 36.4 Å². The highest BCUT2D eigenvalue weighted by atomic mass is 16.7. The Hall–Kier alpha value is -0.120. The van der Waals surface area contributed by atoms with Crippen molar-refractivity contribution in [3.63, 3.8) is 0 Å². The van der Waals surface area contributed by atoms with E-state index in [1.807, 2.05) is 31.2 Å². The van der Waals surface area contributed by atoms with Gasteiger partial charge in [0.15, 0.2) is 0 Å². The Morgan fingerprint density at radius 2 is 1.64 bits per heavy atom. The number of hydrogen-bond donors (Lipinski definition) is 0. The molecule has 0 amide bonds. The summed E-state index contributed by atoms with van der Waals surface area (Å²) < 4.78 is 0. The van der Waals surface area contributed by atoms with E-state index in [0.29, 0.717) is 6.61 Å². The normalized spacial score (nSPS) is 13.1. The van der Waals surface area contributed by atoms with Gasteiger partial charge in [-0.3, -0.25) is 4.84 Å². The molecule has 0 atom stereocenters. The van der Waals surface area contributed by atoms with Crippen LogP contribution in [0.4, 0.5) is 0 Å². The molecule has 0 aromatic carbocycles. The molecule has 3 heteroatoms. The third-order valence-corrected chi connectivity index (χ3v) is 1.19. The van der Waals surface area contributed by atoms with E-state index in [-0.39, 0.29) is 5.54 Å². The molecule has 0 rings (SSSR count). The van der Waals surface area contributed by atoms with Crippen LogP contribution < -0.4 is 0 Å². The minimum absolute atomic E-state index is 0.0273. The van der Waals surface area contributed by atoms with Gasteiger partial charge in [-0.25, -0.2) is 5.01 Å². The van der Waals surface area contributed by atoms with Crippen molar-refractivity contribution in [1.82, 2.24) is 10.2 Å². The minimum Gasteiger partial charge on any atom is -0.284 e. The lowest BCUT2D eigenvalue weighted by Crippen LogP contribution is -2.49. The van der Waals surface area contributed by atoms with Crippen LogP contribution in [-0.2, 0) is 4.84 Å². The van der Waals surface area contributed by atoms with E-state index in [4.69, 9.17) is 4.84 Å². The number of nitrogens with zero attached hydrogens (tertiary/aromatic N) is 2. The van der Waals surface area contributed by atoms with Gasteiger partial charge in [0.05, 0.1) is 12.1 Å². The van der Waals surface area contributed by atoms with E-state index in [1.54, 1.807) is 0 Å². The van der Waals surface area contributed by atoms with Crippen molar-refractivity contribution in [3.8, 4) is 0 Å². The Morgan fingerprint density at radius 3 is 1.73 bits per heavy atom. The van der Waals surface area contributed by atoms with Crippen LogP contribution in [0.1, 0.15) is 27.7 Å². The first-order valence-corrected chi connectivity index (χ1v) is 4.00. The molecule has 68 valence electrons. The predicted octanol–water partition coefficient (Wildman–Crippen LogP) is 1.51. The molecule has 0 saturated heterocycles. The van der Waals surface area contributed by atoms with Crippen LogP contribution >= 0.6 is 0 Å². The molecule has 0 N–H and O–H groups in total. The molecule has 0 saturated carbocycles. The van der Waals surface area contributed by atoms with E-state index < -0.39 is 0 Å². The summed E-state index contributed by atoms with van der Waals surface area (Å²) in [5, 5.41) is 3.82. The van der Waals surface area contributed by atoms with Crippen molar-refractivity contribution in [2.24, 2.45) is 0 Å². The monoisotopic (exact) mass is 160 g/mol. The van der Waals surface area contributed by atoms with Gasteiger partial charge in [-0.2, -0.15) is 0 Å². The SMILES string of the molecule is CCON(N(C)C)C(C)(C)C. The quantitative estimate of drug-likeness (QED) is 0.582. The fourth-order valence-electron chi connectivity index (χ4n) is 1.03.